The largest absolute Gasteiger partial charge is 0.376 e. The highest BCUT2D eigenvalue weighted by Gasteiger charge is 2.19. The minimum atomic E-state index is -0.267. The van der Waals surface area contributed by atoms with Crippen LogP contribution in [-0.2, 0) is 22.4 Å². The zero-order valence-electron chi connectivity index (χ0n) is 11.0. The lowest BCUT2D eigenvalue weighted by atomic mass is 10.3. The average molecular weight is 299 g/mol. The Morgan fingerprint density at radius 2 is 2.30 bits per heavy atom. The predicted octanol–water partition coefficient (Wildman–Crippen LogP) is 2.37. The van der Waals surface area contributed by atoms with E-state index in [-0.39, 0.29) is 11.9 Å². The van der Waals surface area contributed by atoms with Crippen LogP contribution >= 0.6 is 11.6 Å². The van der Waals surface area contributed by atoms with Crippen LogP contribution in [-0.4, -0.2) is 41.4 Å². The van der Waals surface area contributed by atoms with Crippen LogP contribution in [0.25, 0.3) is 11.0 Å². The van der Waals surface area contributed by atoms with Crippen molar-refractivity contribution in [3.63, 3.8) is 0 Å². The van der Waals surface area contributed by atoms with E-state index in [9.17, 15) is 4.39 Å². The molecule has 1 unspecified atom stereocenters. The van der Waals surface area contributed by atoms with Gasteiger partial charge in [-0.05, 0) is 18.2 Å². The highest BCUT2D eigenvalue weighted by atomic mass is 35.5. The second kappa shape index (κ2) is 6.08. The van der Waals surface area contributed by atoms with E-state index in [4.69, 9.17) is 21.1 Å². The monoisotopic (exact) mass is 298 g/mol. The molecule has 0 radical (unpaired) electrons. The third-order valence-corrected chi connectivity index (χ3v) is 3.57. The molecule has 0 bridgehead atoms. The SMILES string of the molecule is Fc1ccc2nc(CCCl)n(CC3COCCO3)c2c1. The molecule has 20 heavy (non-hydrogen) atoms. The Kier molecular flexibility index (Phi) is 4.19. The Balaban J connectivity index is 1.96. The standard InChI is InChI=1S/C14H16ClFN2O2/c15-4-3-14-17-12-2-1-10(16)7-13(12)18(14)8-11-9-19-5-6-20-11/h1-2,7,11H,3-6,8-9H2. The number of aromatic nitrogens is 2. The highest BCUT2D eigenvalue weighted by Crippen LogP contribution is 2.20. The van der Waals surface area contributed by atoms with Crippen molar-refractivity contribution < 1.29 is 13.9 Å². The second-order valence-electron chi connectivity index (χ2n) is 4.78. The molecular formula is C14H16ClFN2O2. The maximum absolute atomic E-state index is 13.5. The number of ether oxygens (including phenoxy) is 2. The summed E-state index contributed by atoms with van der Waals surface area (Å²) in [4.78, 5) is 4.52. The molecule has 0 N–H and O–H groups in total. The fourth-order valence-electron chi connectivity index (χ4n) is 2.47. The van der Waals surface area contributed by atoms with Gasteiger partial charge in [0, 0.05) is 12.3 Å². The van der Waals surface area contributed by atoms with Gasteiger partial charge in [-0.15, -0.1) is 11.6 Å². The molecule has 2 aromatic rings. The number of benzene rings is 1. The normalized spacial score (nSPS) is 19.6. The summed E-state index contributed by atoms with van der Waals surface area (Å²) in [6.07, 6.45) is 0.615. The predicted molar refractivity (Wildman–Crippen MR) is 74.7 cm³/mol. The quantitative estimate of drug-likeness (QED) is 0.813. The van der Waals surface area contributed by atoms with Crippen molar-refractivity contribution in [3.05, 3.63) is 29.8 Å². The van der Waals surface area contributed by atoms with Gasteiger partial charge in [0.25, 0.3) is 0 Å². The van der Waals surface area contributed by atoms with Crippen LogP contribution in [0.4, 0.5) is 4.39 Å². The molecule has 2 heterocycles. The first kappa shape index (κ1) is 13.8. The van der Waals surface area contributed by atoms with E-state index in [1.807, 2.05) is 4.57 Å². The van der Waals surface area contributed by atoms with Crippen LogP contribution < -0.4 is 0 Å². The number of hydrogen-bond acceptors (Lipinski definition) is 3. The van der Waals surface area contributed by atoms with Crippen LogP contribution in [0, 0.1) is 5.82 Å². The van der Waals surface area contributed by atoms with Gasteiger partial charge in [0.2, 0.25) is 0 Å². The fourth-order valence-corrected chi connectivity index (χ4v) is 2.64. The zero-order chi connectivity index (χ0) is 13.9. The van der Waals surface area contributed by atoms with Crippen LogP contribution in [0.2, 0.25) is 0 Å². The van der Waals surface area contributed by atoms with E-state index in [0.29, 0.717) is 38.7 Å². The Hall–Kier alpha value is -1.17. The molecule has 108 valence electrons. The highest BCUT2D eigenvalue weighted by molar-refractivity contribution is 6.17. The molecule has 3 rings (SSSR count). The van der Waals surface area contributed by atoms with Crippen molar-refractivity contribution in [2.45, 2.75) is 19.1 Å². The lowest BCUT2D eigenvalue weighted by Gasteiger charge is -2.24. The van der Waals surface area contributed by atoms with Crippen molar-refractivity contribution in [2.24, 2.45) is 0 Å². The van der Waals surface area contributed by atoms with Gasteiger partial charge in [-0.25, -0.2) is 9.37 Å². The first-order valence-electron chi connectivity index (χ1n) is 6.68. The van der Waals surface area contributed by atoms with Gasteiger partial charge in [-0.3, -0.25) is 0 Å². The minimum Gasteiger partial charge on any atom is -0.376 e. The smallest absolute Gasteiger partial charge is 0.125 e. The van der Waals surface area contributed by atoms with Gasteiger partial charge < -0.3 is 14.0 Å². The molecule has 1 aliphatic heterocycles. The van der Waals surface area contributed by atoms with Crippen LogP contribution in [0.15, 0.2) is 18.2 Å². The first-order valence-corrected chi connectivity index (χ1v) is 7.21. The third-order valence-electron chi connectivity index (χ3n) is 3.38. The number of hydrogen-bond donors (Lipinski definition) is 0. The van der Waals surface area contributed by atoms with E-state index in [1.165, 1.54) is 12.1 Å². The number of halogens is 2. The first-order chi connectivity index (χ1) is 9.78. The second-order valence-corrected chi connectivity index (χ2v) is 5.16. The summed E-state index contributed by atoms with van der Waals surface area (Å²) in [5.41, 5.74) is 1.56. The minimum absolute atomic E-state index is 0.0292. The molecule has 4 nitrogen and oxygen atoms in total. The molecule has 0 saturated carbocycles. The lowest BCUT2D eigenvalue weighted by molar-refractivity contribution is -0.0934. The van der Waals surface area contributed by atoms with Gasteiger partial charge >= 0.3 is 0 Å². The zero-order valence-corrected chi connectivity index (χ0v) is 11.8. The number of nitrogens with zero attached hydrogens (tertiary/aromatic N) is 2. The van der Waals surface area contributed by atoms with E-state index in [2.05, 4.69) is 4.98 Å². The fraction of sp³-hybridized carbons (Fsp3) is 0.500. The van der Waals surface area contributed by atoms with E-state index < -0.39 is 0 Å². The molecule has 0 amide bonds. The van der Waals surface area contributed by atoms with Crippen molar-refractivity contribution in [2.75, 3.05) is 25.7 Å². The van der Waals surface area contributed by atoms with E-state index in [1.54, 1.807) is 6.07 Å². The lowest BCUT2D eigenvalue weighted by Crippen LogP contribution is -2.32. The Morgan fingerprint density at radius 1 is 1.40 bits per heavy atom. The summed E-state index contributed by atoms with van der Waals surface area (Å²) in [6.45, 7) is 2.38. The summed E-state index contributed by atoms with van der Waals surface area (Å²) in [5, 5.41) is 0. The summed E-state index contributed by atoms with van der Waals surface area (Å²) in [6, 6.07) is 4.62. The molecule has 1 atom stereocenters. The van der Waals surface area contributed by atoms with Gasteiger partial charge in [-0.1, -0.05) is 0 Å². The van der Waals surface area contributed by atoms with Gasteiger partial charge in [-0.2, -0.15) is 0 Å². The number of aryl methyl sites for hydroxylation is 1. The number of rotatable bonds is 4. The van der Waals surface area contributed by atoms with Crippen LogP contribution in [0.1, 0.15) is 5.82 Å². The Morgan fingerprint density at radius 3 is 3.05 bits per heavy atom. The van der Waals surface area contributed by atoms with Crippen molar-refractivity contribution in [3.8, 4) is 0 Å². The summed E-state index contributed by atoms with van der Waals surface area (Å²) < 4.78 is 26.5. The molecule has 1 fully saturated rings. The topological polar surface area (TPSA) is 36.3 Å². The molecule has 0 spiro atoms. The molecule has 1 aliphatic rings. The van der Waals surface area contributed by atoms with Gasteiger partial charge in [0.15, 0.2) is 0 Å². The van der Waals surface area contributed by atoms with Crippen LogP contribution in [0.3, 0.4) is 0 Å². The van der Waals surface area contributed by atoms with Gasteiger partial charge in [0.1, 0.15) is 11.6 Å². The van der Waals surface area contributed by atoms with E-state index in [0.717, 1.165) is 16.9 Å². The Labute approximate surface area is 121 Å². The molecule has 1 aromatic heterocycles. The number of alkyl halides is 1. The third kappa shape index (κ3) is 2.80. The number of imidazole rings is 1. The molecule has 1 saturated heterocycles. The van der Waals surface area contributed by atoms with E-state index >= 15 is 0 Å². The van der Waals surface area contributed by atoms with Crippen LogP contribution in [0.5, 0.6) is 0 Å². The summed E-state index contributed by atoms with van der Waals surface area (Å²) >= 11 is 5.83. The maximum atomic E-state index is 13.5. The van der Waals surface area contributed by atoms with Crippen molar-refractivity contribution >= 4 is 22.6 Å². The number of fused-ring (bicyclic) bond motifs is 1. The van der Waals surface area contributed by atoms with Crippen molar-refractivity contribution in [1.29, 1.82) is 0 Å². The Bertz CT molecular complexity index is 596. The molecule has 6 heteroatoms. The summed E-state index contributed by atoms with van der Waals surface area (Å²) in [5.74, 6) is 1.07. The molecular weight excluding hydrogens is 283 g/mol. The molecule has 1 aromatic carbocycles. The average Bonchev–Trinajstić information content (AvgIpc) is 2.78. The maximum Gasteiger partial charge on any atom is 0.125 e. The van der Waals surface area contributed by atoms with Gasteiger partial charge in [0.05, 0.1) is 43.5 Å². The molecule has 0 aliphatic carbocycles. The summed E-state index contributed by atoms with van der Waals surface area (Å²) in [7, 11) is 0. The van der Waals surface area contributed by atoms with Crippen molar-refractivity contribution in [1.82, 2.24) is 9.55 Å².